The van der Waals surface area contributed by atoms with Crippen LogP contribution < -0.4 is 16.0 Å². The van der Waals surface area contributed by atoms with E-state index in [1.807, 2.05) is 62.4 Å². The van der Waals surface area contributed by atoms with Crippen molar-refractivity contribution in [2.75, 3.05) is 6.54 Å². The molecule has 1 fully saturated rings. The van der Waals surface area contributed by atoms with Gasteiger partial charge in [0.1, 0.15) is 18.4 Å². The van der Waals surface area contributed by atoms with Gasteiger partial charge in [-0.05, 0) is 48.4 Å². The lowest BCUT2D eigenvalue weighted by Crippen LogP contribution is -2.51. The predicted molar refractivity (Wildman–Crippen MR) is 141 cm³/mol. The number of alkyl carbamates (subject to hydrolysis) is 1. The third-order valence-electron chi connectivity index (χ3n) is 6.24. The molecule has 4 atom stereocenters. The van der Waals surface area contributed by atoms with Crippen LogP contribution in [0.2, 0.25) is 5.02 Å². The number of amides is 3. The molecule has 1 unspecified atom stereocenters. The molecule has 198 valence electrons. The smallest absolute Gasteiger partial charge is 0.408 e. The van der Waals surface area contributed by atoms with E-state index >= 15 is 0 Å². The molecule has 1 aliphatic heterocycles. The zero-order valence-electron chi connectivity index (χ0n) is 21.1. The standard InChI is InChI=1S/C28H34ClN3O5/c1-18(2)13-24(27(35)31-23(17-33)16-21-11-12-30-26(21)34)32-28(36)37-25(20-8-4-3-5-9-20)15-19-7-6-10-22(29)14-19/h3-10,14,17-18,21,23-25H,11-13,15-16H2,1-2H3,(H,30,34)(H,31,35)(H,32,36)/t21-,23-,24-,25?/m0/s1. The lowest BCUT2D eigenvalue weighted by Gasteiger charge is -2.24. The molecule has 3 amide bonds. The number of carbonyl (C=O) groups is 4. The van der Waals surface area contributed by atoms with E-state index < -0.39 is 30.2 Å². The average molecular weight is 528 g/mol. The quantitative estimate of drug-likeness (QED) is 0.361. The van der Waals surface area contributed by atoms with Gasteiger partial charge in [-0.15, -0.1) is 0 Å². The van der Waals surface area contributed by atoms with Crippen molar-refractivity contribution in [2.45, 2.75) is 57.7 Å². The van der Waals surface area contributed by atoms with Gasteiger partial charge < -0.3 is 25.5 Å². The number of hydrogen-bond acceptors (Lipinski definition) is 5. The Hall–Kier alpha value is -3.39. The number of benzene rings is 2. The fourth-order valence-corrected chi connectivity index (χ4v) is 4.60. The minimum atomic E-state index is -0.907. The molecule has 0 saturated carbocycles. The number of ether oxygens (including phenoxy) is 1. The van der Waals surface area contributed by atoms with Crippen LogP contribution in [-0.2, 0) is 25.5 Å². The average Bonchev–Trinajstić information content (AvgIpc) is 3.27. The number of aldehydes is 1. The molecular weight excluding hydrogens is 494 g/mol. The first-order chi connectivity index (χ1) is 17.7. The van der Waals surface area contributed by atoms with Crippen molar-refractivity contribution in [1.29, 1.82) is 0 Å². The van der Waals surface area contributed by atoms with Gasteiger partial charge in [-0.25, -0.2) is 4.79 Å². The Morgan fingerprint density at radius 1 is 1.14 bits per heavy atom. The maximum atomic E-state index is 13.1. The highest BCUT2D eigenvalue weighted by Gasteiger charge is 2.30. The summed E-state index contributed by atoms with van der Waals surface area (Å²) in [5.74, 6) is -0.849. The second kappa shape index (κ2) is 13.8. The van der Waals surface area contributed by atoms with Gasteiger partial charge >= 0.3 is 6.09 Å². The molecule has 3 rings (SSSR count). The second-order valence-electron chi connectivity index (χ2n) is 9.73. The molecule has 0 radical (unpaired) electrons. The van der Waals surface area contributed by atoms with Gasteiger partial charge in [-0.2, -0.15) is 0 Å². The van der Waals surface area contributed by atoms with E-state index in [1.165, 1.54) is 0 Å². The molecule has 0 aliphatic carbocycles. The third kappa shape index (κ3) is 8.89. The molecule has 0 bridgehead atoms. The molecule has 0 spiro atoms. The predicted octanol–water partition coefficient (Wildman–Crippen LogP) is 3.97. The minimum absolute atomic E-state index is 0.0859. The molecule has 1 heterocycles. The largest absolute Gasteiger partial charge is 0.441 e. The monoisotopic (exact) mass is 527 g/mol. The molecule has 0 aromatic heterocycles. The summed E-state index contributed by atoms with van der Waals surface area (Å²) in [4.78, 5) is 49.6. The van der Waals surface area contributed by atoms with Gasteiger partial charge in [0.15, 0.2) is 0 Å². The number of hydrogen-bond donors (Lipinski definition) is 3. The molecule has 3 N–H and O–H groups in total. The molecule has 9 heteroatoms. The van der Waals surface area contributed by atoms with Gasteiger partial charge in [0, 0.05) is 23.9 Å². The maximum absolute atomic E-state index is 13.1. The van der Waals surface area contributed by atoms with Gasteiger partial charge in [-0.3, -0.25) is 9.59 Å². The van der Waals surface area contributed by atoms with Gasteiger partial charge in [0.05, 0.1) is 6.04 Å². The first kappa shape index (κ1) is 28.2. The second-order valence-corrected chi connectivity index (χ2v) is 10.2. The summed E-state index contributed by atoms with van der Waals surface area (Å²) in [7, 11) is 0. The SMILES string of the molecule is CC(C)C[C@H](NC(=O)OC(Cc1cccc(Cl)c1)c1ccccc1)C(=O)N[C@H](C=O)C[C@@H]1CCNC1=O. The van der Waals surface area contributed by atoms with Crippen molar-refractivity contribution in [3.8, 4) is 0 Å². The van der Waals surface area contributed by atoms with Crippen LogP contribution in [0.4, 0.5) is 4.79 Å². The first-order valence-electron chi connectivity index (χ1n) is 12.5. The summed E-state index contributed by atoms with van der Waals surface area (Å²) in [6, 6.07) is 14.9. The molecular formula is C28H34ClN3O5. The molecule has 1 aliphatic rings. The van der Waals surface area contributed by atoms with E-state index in [4.69, 9.17) is 16.3 Å². The zero-order valence-corrected chi connectivity index (χ0v) is 21.9. The zero-order chi connectivity index (χ0) is 26.8. The number of carbonyl (C=O) groups excluding carboxylic acids is 4. The highest BCUT2D eigenvalue weighted by molar-refractivity contribution is 6.30. The van der Waals surface area contributed by atoms with E-state index in [2.05, 4.69) is 16.0 Å². The van der Waals surface area contributed by atoms with E-state index in [-0.39, 0.29) is 24.2 Å². The van der Waals surface area contributed by atoms with Crippen LogP contribution in [0.3, 0.4) is 0 Å². The fourth-order valence-electron chi connectivity index (χ4n) is 4.39. The minimum Gasteiger partial charge on any atom is -0.441 e. The van der Waals surface area contributed by atoms with Crippen LogP contribution in [0.5, 0.6) is 0 Å². The van der Waals surface area contributed by atoms with Crippen molar-refractivity contribution in [1.82, 2.24) is 16.0 Å². The van der Waals surface area contributed by atoms with Gasteiger partial charge in [0.2, 0.25) is 11.8 Å². The molecule has 37 heavy (non-hydrogen) atoms. The van der Waals surface area contributed by atoms with Gasteiger partial charge in [0.25, 0.3) is 0 Å². The Morgan fingerprint density at radius 2 is 1.89 bits per heavy atom. The maximum Gasteiger partial charge on any atom is 0.408 e. The molecule has 8 nitrogen and oxygen atoms in total. The Morgan fingerprint density at radius 3 is 2.51 bits per heavy atom. The van der Waals surface area contributed by atoms with Crippen molar-refractivity contribution in [3.05, 3.63) is 70.7 Å². The van der Waals surface area contributed by atoms with Crippen molar-refractivity contribution in [2.24, 2.45) is 11.8 Å². The van der Waals surface area contributed by atoms with Crippen LogP contribution >= 0.6 is 11.6 Å². The molecule has 2 aromatic carbocycles. The molecule has 2 aromatic rings. The van der Waals surface area contributed by atoms with Crippen LogP contribution in [0.15, 0.2) is 54.6 Å². The lowest BCUT2D eigenvalue weighted by molar-refractivity contribution is -0.127. The number of halogens is 1. The van der Waals surface area contributed by atoms with Crippen molar-refractivity contribution < 1.29 is 23.9 Å². The van der Waals surface area contributed by atoms with Crippen LogP contribution in [0.1, 0.15) is 50.3 Å². The summed E-state index contributed by atoms with van der Waals surface area (Å²) in [5, 5.41) is 8.68. The van der Waals surface area contributed by atoms with E-state index in [1.54, 1.807) is 6.07 Å². The topological polar surface area (TPSA) is 114 Å². The number of rotatable bonds is 12. The summed E-state index contributed by atoms with van der Waals surface area (Å²) in [5.41, 5.74) is 1.70. The van der Waals surface area contributed by atoms with Crippen molar-refractivity contribution in [3.63, 3.8) is 0 Å². The van der Waals surface area contributed by atoms with Gasteiger partial charge in [-0.1, -0.05) is 67.9 Å². The van der Waals surface area contributed by atoms with E-state index in [0.29, 0.717) is 37.1 Å². The third-order valence-corrected chi connectivity index (χ3v) is 6.47. The Balaban J connectivity index is 1.68. The van der Waals surface area contributed by atoms with Crippen molar-refractivity contribution >= 4 is 35.8 Å². The Bertz CT molecular complexity index is 1080. The van der Waals surface area contributed by atoms with Crippen LogP contribution in [0, 0.1) is 11.8 Å². The highest BCUT2D eigenvalue weighted by atomic mass is 35.5. The van der Waals surface area contributed by atoms with E-state index in [9.17, 15) is 19.2 Å². The molecule has 1 saturated heterocycles. The van der Waals surface area contributed by atoms with Crippen LogP contribution in [-0.4, -0.2) is 42.8 Å². The lowest BCUT2D eigenvalue weighted by atomic mass is 9.98. The first-order valence-corrected chi connectivity index (χ1v) is 12.9. The normalized spacial score (nSPS) is 17.4. The summed E-state index contributed by atoms with van der Waals surface area (Å²) in [6.45, 7) is 4.42. The van der Waals surface area contributed by atoms with E-state index in [0.717, 1.165) is 11.1 Å². The Labute approximate surface area is 222 Å². The summed E-state index contributed by atoms with van der Waals surface area (Å²) in [6.07, 6.45) is 0.865. The number of nitrogens with one attached hydrogen (secondary N) is 3. The summed E-state index contributed by atoms with van der Waals surface area (Å²) >= 11 is 6.14. The van der Waals surface area contributed by atoms with Crippen LogP contribution in [0.25, 0.3) is 0 Å². The fraction of sp³-hybridized carbons (Fsp3) is 0.429. The summed E-state index contributed by atoms with van der Waals surface area (Å²) < 4.78 is 5.80. The highest BCUT2D eigenvalue weighted by Crippen LogP contribution is 2.24. The Kier molecular flexibility index (Phi) is 10.5.